The van der Waals surface area contributed by atoms with Crippen LogP contribution in [0.25, 0.3) is 0 Å². The summed E-state index contributed by atoms with van der Waals surface area (Å²) >= 11 is 6.00. The van der Waals surface area contributed by atoms with Crippen molar-refractivity contribution in [3.05, 3.63) is 34.9 Å². The molecule has 1 atom stereocenters. The van der Waals surface area contributed by atoms with Crippen LogP contribution in [-0.2, 0) is 6.42 Å². The number of halogens is 1. The third-order valence-corrected chi connectivity index (χ3v) is 4.46. The molecule has 1 aromatic rings. The first-order valence-corrected chi connectivity index (χ1v) is 8.53. The Kier molecular flexibility index (Phi) is 7.00. The zero-order valence-electron chi connectivity index (χ0n) is 13.6. The van der Waals surface area contributed by atoms with Crippen LogP contribution in [0.3, 0.4) is 0 Å². The minimum absolute atomic E-state index is 0.636. The van der Waals surface area contributed by atoms with E-state index in [0.717, 1.165) is 37.0 Å². The second kappa shape index (κ2) is 9.01. The molecule has 1 heterocycles. The molecule has 0 saturated carbocycles. The maximum absolute atomic E-state index is 6.00. The summed E-state index contributed by atoms with van der Waals surface area (Å²) in [6.07, 6.45) is 3.52. The number of nitrogens with one attached hydrogen (secondary N) is 2. The molecule has 1 aromatic carbocycles. The van der Waals surface area contributed by atoms with Crippen LogP contribution in [0, 0.1) is 0 Å². The van der Waals surface area contributed by atoms with E-state index in [4.69, 9.17) is 11.6 Å². The van der Waals surface area contributed by atoms with Gasteiger partial charge in [-0.3, -0.25) is 9.89 Å². The highest BCUT2D eigenvalue weighted by molar-refractivity contribution is 6.30. The van der Waals surface area contributed by atoms with Gasteiger partial charge in [0.05, 0.1) is 0 Å². The van der Waals surface area contributed by atoms with Gasteiger partial charge in [0.15, 0.2) is 5.96 Å². The molecule has 4 nitrogen and oxygen atoms in total. The van der Waals surface area contributed by atoms with Crippen LogP contribution in [0.1, 0.15) is 25.3 Å². The van der Waals surface area contributed by atoms with Gasteiger partial charge in [0.1, 0.15) is 0 Å². The van der Waals surface area contributed by atoms with Crippen LogP contribution >= 0.6 is 11.6 Å². The smallest absolute Gasteiger partial charge is 0.191 e. The minimum Gasteiger partial charge on any atom is -0.356 e. The number of likely N-dealkylation sites (tertiary alicyclic amines) is 1. The lowest BCUT2D eigenvalue weighted by Crippen LogP contribution is -2.45. The van der Waals surface area contributed by atoms with Crippen molar-refractivity contribution >= 4 is 17.6 Å². The maximum Gasteiger partial charge on any atom is 0.191 e. The lowest BCUT2D eigenvalue weighted by molar-refractivity contribution is 0.267. The highest BCUT2D eigenvalue weighted by atomic mass is 35.5. The zero-order chi connectivity index (χ0) is 15.8. The first kappa shape index (κ1) is 17.1. The summed E-state index contributed by atoms with van der Waals surface area (Å²) in [5.41, 5.74) is 1.24. The van der Waals surface area contributed by atoms with Crippen molar-refractivity contribution in [1.82, 2.24) is 15.5 Å². The molecule has 1 saturated heterocycles. The van der Waals surface area contributed by atoms with Gasteiger partial charge in [-0.15, -0.1) is 0 Å². The van der Waals surface area contributed by atoms with E-state index in [9.17, 15) is 0 Å². The van der Waals surface area contributed by atoms with E-state index in [0.29, 0.717) is 6.04 Å². The van der Waals surface area contributed by atoms with E-state index in [2.05, 4.69) is 33.5 Å². The molecular weight excluding hydrogens is 296 g/mol. The van der Waals surface area contributed by atoms with Crippen molar-refractivity contribution in [2.45, 2.75) is 32.2 Å². The SMILES string of the molecule is CCN1CCCC1CNC(=NC)NCCc1cccc(Cl)c1. The molecule has 5 heteroatoms. The van der Waals surface area contributed by atoms with Crippen molar-refractivity contribution in [2.75, 3.05) is 33.2 Å². The molecule has 0 bridgehead atoms. The van der Waals surface area contributed by atoms with E-state index in [1.165, 1.54) is 24.9 Å². The molecule has 22 heavy (non-hydrogen) atoms. The number of nitrogens with zero attached hydrogens (tertiary/aromatic N) is 2. The van der Waals surface area contributed by atoms with Gasteiger partial charge in [-0.25, -0.2) is 0 Å². The van der Waals surface area contributed by atoms with Gasteiger partial charge < -0.3 is 10.6 Å². The van der Waals surface area contributed by atoms with Gasteiger partial charge in [-0.05, 0) is 50.0 Å². The normalized spacial score (nSPS) is 19.4. The van der Waals surface area contributed by atoms with Gasteiger partial charge in [0.2, 0.25) is 0 Å². The molecule has 0 aliphatic carbocycles. The summed E-state index contributed by atoms with van der Waals surface area (Å²) in [5, 5.41) is 7.61. The summed E-state index contributed by atoms with van der Waals surface area (Å²) in [4.78, 5) is 6.83. The lowest BCUT2D eigenvalue weighted by atomic mass is 10.1. The molecule has 2 rings (SSSR count). The fourth-order valence-electron chi connectivity index (χ4n) is 3.00. The Labute approximate surface area is 138 Å². The monoisotopic (exact) mass is 322 g/mol. The molecule has 0 radical (unpaired) electrons. The van der Waals surface area contributed by atoms with Gasteiger partial charge >= 0.3 is 0 Å². The van der Waals surface area contributed by atoms with E-state index in [-0.39, 0.29) is 0 Å². The topological polar surface area (TPSA) is 39.7 Å². The van der Waals surface area contributed by atoms with Crippen molar-refractivity contribution in [3.63, 3.8) is 0 Å². The first-order valence-electron chi connectivity index (χ1n) is 8.16. The molecule has 0 amide bonds. The standard InChI is InChI=1S/C17H27ClN4/c1-3-22-11-5-8-16(22)13-21-17(19-2)20-10-9-14-6-4-7-15(18)12-14/h4,6-7,12,16H,3,5,8-11,13H2,1-2H3,(H2,19,20,21). The van der Waals surface area contributed by atoms with E-state index in [1.807, 2.05) is 25.2 Å². The molecule has 1 fully saturated rings. The summed E-state index contributed by atoms with van der Waals surface area (Å²) < 4.78 is 0. The third-order valence-electron chi connectivity index (χ3n) is 4.23. The summed E-state index contributed by atoms with van der Waals surface area (Å²) in [5.74, 6) is 0.880. The number of hydrogen-bond donors (Lipinski definition) is 2. The van der Waals surface area contributed by atoms with Crippen LogP contribution < -0.4 is 10.6 Å². The molecule has 1 aliphatic heterocycles. The van der Waals surface area contributed by atoms with E-state index in [1.54, 1.807) is 0 Å². The molecule has 122 valence electrons. The third kappa shape index (κ3) is 5.18. The van der Waals surface area contributed by atoms with Crippen LogP contribution in [0.5, 0.6) is 0 Å². The first-order chi connectivity index (χ1) is 10.7. The Bertz CT molecular complexity index is 489. The number of hydrogen-bond acceptors (Lipinski definition) is 2. The molecule has 0 spiro atoms. The minimum atomic E-state index is 0.636. The van der Waals surface area contributed by atoms with Crippen LogP contribution in [0.2, 0.25) is 5.02 Å². The lowest BCUT2D eigenvalue weighted by Gasteiger charge is -2.24. The largest absolute Gasteiger partial charge is 0.356 e. The second-order valence-corrected chi connectivity index (χ2v) is 6.12. The zero-order valence-corrected chi connectivity index (χ0v) is 14.4. The Morgan fingerprint density at radius 1 is 1.41 bits per heavy atom. The van der Waals surface area contributed by atoms with Crippen molar-refractivity contribution in [2.24, 2.45) is 4.99 Å². The van der Waals surface area contributed by atoms with Crippen molar-refractivity contribution in [1.29, 1.82) is 0 Å². The highest BCUT2D eigenvalue weighted by Gasteiger charge is 2.22. The Morgan fingerprint density at radius 2 is 2.27 bits per heavy atom. The van der Waals surface area contributed by atoms with Gasteiger partial charge in [0.25, 0.3) is 0 Å². The van der Waals surface area contributed by atoms with Gasteiger partial charge in [0, 0.05) is 31.2 Å². The second-order valence-electron chi connectivity index (χ2n) is 5.68. The van der Waals surface area contributed by atoms with Gasteiger partial charge in [-0.2, -0.15) is 0 Å². The quantitative estimate of drug-likeness (QED) is 0.624. The fourth-order valence-corrected chi connectivity index (χ4v) is 3.21. The predicted molar refractivity (Wildman–Crippen MR) is 94.8 cm³/mol. The van der Waals surface area contributed by atoms with Gasteiger partial charge in [-0.1, -0.05) is 30.7 Å². The van der Waals surface area contributed by atoms with Crippen molar-refractivity contribution in [3.8, 4) is 0 Å². The van der Waals surface area contributed by atoms with Crippen LogP contribution in [-0.4, -0.2) is 50.1 Å². The average Bonchev–Trinajstić information content (AvgIpc) is 2.98. The Hall–Kier alpha value is -1.26. The number of benzene rings is 1. The number of guanidine groups is 1. The van der Waals surface area contributed by atoms with E-state index < -0.39 is 0 Å². The molecule has 1 unspecified atom stereocenters. The number of likely N-dealkylation sites (N-methyl/N-ethyl adjacent to an activating group) is 1. The Balaban J connectivity index is 1.71. The molecule has 1 aliphatic rings. The maximum atomic E-state index is 6.00. The highest BCUT2D eigenvalue weighted by Crippen LogP contribution is 2.15. The Morgan fingerprint density at radius 3 is 3.00 bits per heavy atom. The van der Waals surface area contributed by atoms with Crippen molar-refractivity contribution < 1.29 is 0 Å². The molecule has 0 aromatic heterocycles. The van der Waals surface area contributed by atoms with E-state index >= 15 is 0 Å². The molecule has 2 N–H and O–H groups in total. The fraction of sp³-hybridized carbons (Fsp3) is 0.588. The number of rotatable bonds is 6. The molecular formula is C17H27ClN4. The summed E-state index contributed by atoms with van der Waals surface area (Å²) in [6.45, 7) is 6.40. The van der Waals surface area contributed by atoms with Crippen LogP contribution in [0.4, 0.5) is 0 Å². The summed E-state index contributed by atoms with van der Waals surface area (Å²) in [6, 6.07) is 8.64. The predicted octanol–water partition coefficient (Wildman–Crippen LogP) is 2.53. The number of aliphatic imine (C=N–C) groups is 1. The average molecular weight is 323 g/mol. The van der Waals surface area contributed by atoms with Crippen LogP contribution in [0.15, 0.2) is 29.3 Å². The summed E-state index contributed by atoms with van der Waals surface area (Å²) in [7, 11) is 1.82.